The fraction of sp³-hybridized carbons (Fsp3) is 0.529. The lowest BCUT2D eigenvalue weighted by molar-refractivity contribution is -0.143. The molecule has 2 saturated heterocycles. The lowest BCUT2D eigenvalue weighted by Crippen LogP contribution is -2.51. The van der Waals surface area contributed by atoms with Gasteiger partial charge < -0.3 is 14.5 Å². The van der Waals surface area contributed by atoms with Crippen LogP contribution < -0.4 is 4.74 Å². The second kappa shape index (κ2) is 6.84. The van der Waals surface area contributed by atoms with E-state index in [2.05, 4.69) is 6.92 Å². The molecule has 2 aliphatic rings. The number of carbonyl (C=O) groups excluding carboxylic acids is 2. The second-order valence-corrected chi connectivity index (χ2v) is 8.27. The van der Waals surface area contributed by atoms with E-state index in [0.717, 1.165) is 12.2 Å². The van der Waals surface area contributed by atoms with E-state index in [1.54, 1.807) is 52.9 Å². The SMILES string of the molecule is CN(CCOc1ccc(Cl)cc1)C(=O)[C@H]1CS[C@@]2(C)CCC(=O)N12. The number of ether oxygens (including phenoxy) is 1. The van der Waals surface area contributed by atoms with Crippen molar-refractivity contribution in [1.82, 2.24) is 9.80 Å². The molecule has 3 rings (SSSR count). The van der Waals surface area contributed by atoms with E-state index in [0.29, 0.717) is 30.3 Å². The highest BCUT2D eigenvalue weighted by molar-refractivity contribution is 8.01. The molecule has 0 saturated carbocycles. The van der Waals surface area contributed by atoms with Gasteiger partial charge in [0, 0.05) is 24.2 Å². The van der Waals surface area contributed by atoms with Crippen LogP contribution in [-0.4, -0.2) is 58.5 Å². The van der Waals surface area contributed by atoms with Gasteiger partial charge in [0.1, 0.15) is 18.4 Å². The van der Waals surface area contributed by atoms with Crippen LogP contribution in [0.25, 0.3) is 0 Å². The van der Waals surface area contributed by atoms with Crippen LogP contribution in [0.2, 0.25) is 5.02 Å². The number of rotatable bonds is 5. The standard InChI is InChI=1S/C17H21ClN2O3S/c1-17-8-7-15(21)20(17)14(11-24-17)16(22)19(2)9-10-23-13-5-3-12(18)4-6-13/h3-6,14H,7-11H2,1-2H3/t14-,17+/m1/s1. The summed E-state index contributed by atoms with van der Waals surface area (Å²) in [6, 6.07) is 6.77. The maximum Gasteiger partial charge on any atom is 0.246 e. The summed E-state index contributed by atoms with van der Waals surface area (Å²) < 4.78 is 5.63. The molecule has 2 amide bonds. The van der Waals surface area contributed by atoms with Gasteiger partial charge in [0.15, 0.2) is 0 Å². The number of hydrogen-bond donors (Lipinski definition) is 0. The van der Waals surface area contributed by atoms with Crippen molar-refractivity contribution in [2.24, 2.45) is 0 Å². The van der Waals surface area contributed by atoms with Crippen molar-refractivity contribution in [1.29, 1.82) is 0 Å². The Kier molecular flexibility index (Phi) is 4.97. The van der Waals surface area contributed by atoms with Gasteiger partial charge in [0.2, 0.25) is 11.8 Å². The monoisotopic (exact) mass is 368 g/mol. The van der Waals surface area contributed by atoms with Gasteiger partial charge in [0.05, 0.1) is 11.4 Å². The molecule has 0 radical (unpaired) electrons. The van der Waals surface area contributed by atoms with E-state index in [1.165, 1.54) is 0 Å². The molecule has 0 unspecified atom stereocenters. The van der Waals surface area contributed by atoms with Crippen LogP contribution in [0.3, 0.4) is 0 Å². The Morgan fingerprint density at radius 1 is 1.46 bits per heavy atom. The van der Waals surface area contributed by atoms with Crippen LogP contribution in [0, 0.1) is 0 Å². The number of nitrogens with zero attached hydrogens (tertiary/aromatic N) is 2. The topological polar surface area (TPSA) is 49.9 Å². The molecule has 2 heterocycles. The Hall–Kier alpha value is -1.40. The van der Waals surface area contributed by atoms with Gasteiger partial charge in [-0.1, -0.05) is 11.6 Å². The maximum absolute atomic E-state index is 12.7. The minimum absolute atomic E-state index is 0.0128. The zero-order valence-electron chi connectivity index (χ0n) is 13.8. The molecule has 1 aromatic rings. The average Bonchev–Trinajstić information content (AvgIpc) is 3.05. The first-order valence-corrected chi connectivity index (χ1v) is 9.36. The third-order valence-electron chi connectivity index (χ3n) is 4.62. The molecule has 5 nitrogen and oxygen atoms in total. The van der Waals surface area contributed by atoms with Crippen molar-refractivity contribution in [2.45, 2.75) is 30.7 Å². The number of halogens is 1. The van der Waals surface area contributed by atoms with Crippen molar-refractivity contribution in [3.63, 3.8) is 0 Å². The number of likely N-dealkylation sites (N-methyl/N-ethyl adjacent to an activating group) is 1. The Morgan fingerprint density at radius 3 is 2.88 bits per heavy atom. The van der Waals surface area contributed by atoms with E-state index in [4.69, 9.17) is 16.3 Å². The number of fused-ring (bicyclic) bond motifs is 1. The smallest absolute Gasteiger partial charge is 0.246 e. The molecule has 2 fully saturated rings. The number of amides is 2. The third kappa shape index (κ3) is 3.35. The van der Waals surface area contributed by atoms with Crippen LogP contribution >= 0.6 is 23.4 Å². The van der Waals surface area contributed by atoms with Crippen molar-refractivity contribution in [3.05, 3.63) is 29.3 Å². The summed E-state index contributed by atoms with van der Waals surface area (Å²) in [4.78, 5) is 28.1. The molecule has 130 valence electrons. The highest BCUT2D eigenvalue weighted by Gasteiger charge is 2.53. The quantitative estimate of drug-likeness (QED) is 0.801. The summed E-state index contributed by atoms with van der Waals surface area (Å²) in [6.45, 7) is 2.93. The van der Waals surface area contributed by atoms with E-state index in [-0.39, 0.29) is 22.7 Å². The van der Waals surface area contributed by atoms with Gasteiger partial charge in [-0.3, -0.25) is 9.59 Å². The predicted octanol–water partition coefficient (Wildman–Crippen LogP) is 2.63. The molecule has 2 atom stereocenters. The Bertz CT molecular complexity index is 639. The number of benzene rings is 1. The predicted molar refractivity (Wildman–Crippen MR) is 95.3 cm³/mol. The van der Waals surface area contributed by atoms with E-state index in [1.807, 2.05) is 0 Å². The molecule has 0 bridgehead atoms. The summed E-state index contributed by atoms with van der Waals surface area (Å²) in [6.07, 6.45) is 1.36. The van der Waals surface area contributed by atoms with Gasteiger partial charge in [0.25, 0.3) is 0 Å². The molecule has 2 aliphatic heterocycles. The number of thioether (sulfide) groups is 1. The first kappa shape index (κ1) is 17.4. The zero-order chi connectivity index (χ0) is 17.3. The molecular formula is C17H21ClN2O3S. The van der Waals surface area contributed by atoms with Gasteiger partial charge >= 0.3 is 0 Å². The lowest BCUT2D eigenvalue weighted by Gasteiger charge is -2.31. The Morgan fingerprint density at radius 2 is 2.17 bits per heavy atom. The van der Waals surface area contributed by atoms with Crippen molar-refractivity contribution in [2.75, 3.05) is 26.0 Å². The largest absolute Gasteiger partial charge is 0.492 e. The summed E-state index contributed by atoms with van der Waals surface area (Å²) in [7, 11) is 1.76. The number of carbonyl (C=O) groups is 2. The highest BCUT2D eigenvalue weighted by Crippen LogP contribution is 2.47. The van der Waals surface area contributed by atoms with E-state index >= 15 is 0 Å². The average molecular weight is 369 g/mol. The number of hydrogen-bond acceptors (Lipinski definition) is 4. The van der Waals surface area contributed by atoms with Crippen LogP contribution in [0.15, 0.2) is 24.3 Å². The van der Waals surface area contributed by atoms with Gasteiger partial charge in [-0.25, -0.2) is 0 Å². The summed E-state index contributed by atoms with van der Waals surface area (Å²) in [5.74, 6) is 1.47. The van der Waals surface area contributed by atoms with Gasteiger partial charge in [-0.2, -0.15) is 0 Å². The molecule has 0 spiro atoms. The van der Waals surface area contributed by atoms with Crippen molar-refractivity contribution >= 4 is 35.2 Å². The Labute approximate surface area is 151 Å². The third-order valence-corrected chi connectivity index (χ3v) is 6.37. The molecule has 0 N–H and O–H groups in total. The molecule has 0 aliphatic carbocycles. The zero-order valence-corrected chi connectivity index (χ0v) is 15.4. The fourth-order valence-electron chi connectivity index (χ4n) is 3.20. The molecule has 7 heteroatoms. The highest BCUT2D eigenvalue weighted by atomic mass is 35.5. The first-order chi connectivity index (χ1) is 11.4. The molecule has 1 aromatic carbocycles. The summed E-state index contributed by atoms with van der Waals surface area (Å²) in [5, 5.41) is 0.659. The normalized spacial score (nSPS) is 25.7. The fourth-order valence-corrected chi connectivity index (χ4v) is 4.75. The van der Waals surface area contributed by atoms with Crippen molar-refractivity contribution < 1.29 is 14.3 Å². The maximum atomic E-state index is 12.7. The van der Waals surface area contributed by atoms with Crippen LogP contribution in [0.1, 0.15) is 19.8 Å². The van der Waals surface area contributed by atoms with E-state index < -0.39 is 0 Å². The first-order valence-electron chi connectivity index (χ1n) is 8.00. The van der Waals surface area contributed by atoms with Crippen LogP contribution in [-0.2, 0) is 9.59 Å². The van der Waals surface area contributed by atoms with Crippen molar-refractivity contribution in [3.8, 4) is 5.75 Å². The van der Waals surface area contributed by atoms with Crippen LogP contribution in [0.5, 0.6) is 5.75 Å². The lowest BCUT2D eigenvalue weighted by atomic mass is 10.2. The van der Waals surface area contributed by atoms with Gasteiger partial charge in [-0.15, -0.1) is 11.8 Å². The summed E-state index contributed by atoms with van der Waals surface area (Å²) >= 11 is 7.54. The minimum Gasteiger partial charge on any atom is -0.492 e. The Balaban J connectivity index is 1.53. The molecular weight excluding hydrogens is 348 g/mol. The molecule has 24 heavy (non-hydrogen) atoms. The second-order valence-electron chi connectivity index (χ2n) is 6.33. The van der Waals surface area contributed by atoms with Crippen LogP contribution in [0.4, 0.5) is 0 Å². The summed E-state index contributed by atoms with van der Waals surface area (Å²) in [5.41, 5.74) is 0. The van der Waals surface area contributed by atoms with E-state index in [9.17, 15) is 9.59 Å². The minimum atomic E-state index is -0.351. The van der Waals surface area contributed by atoms with Gasteiger partial charge in [-0.05, 0) is 37.6 Å². The molecule has 0 aromatic heterocycles.